The van der Waals surface area contributed by atoms with Crippen LogP contribution in [-0.4, -0.2) is 23.0 Å². The van der Waals surface area contributed by atoms with Crippen LogP contribution in [0.5, 0.6) is 5.75 Å². The molecule has 1 amide bonds. The molecule has 0 saturated heterocycles. The summed E-state index contributed by atoms with van der Waals surface area (Å²) in [4.78, 5) is 20.2. The van der Waals surface area contributed by atoms with Crippen molar-refractivity contribution < 1.29 is 22.7 Å². The van der Waals surface area contributed by atoms with Crippen LogP contribution in [-0.2, 0) is 0 Å². The lowest BCUT2D eigenvalue weighted by Gasteiger charge is -2.09. The van der Waals surface area contributed by atoms with Gasteiger partial charge in [-0.3, -0.25) is 4.79 Å². The summed E-state index contributed by atoms with van der Waals surface area (Å²) in [5.74, 6) is -2.63. The van der Waals surface area contributed by atoms with Gasteiger partial charge >= 0.3 is 0 Å². The van der Waals surface area contributed by atoms with E-state index >= 15 is 0 Å². The Hall–Kier alpha value is -3.03. The molecule has 1 aliphatic carbocycles. The van der Waals surface area contributed by atoms with Gasteiger partial charge in [0.2, 0.25) is 0 Å². The van der Waals surface area contributed by atoms with E-state index in [1.54, 1.807) is 6.07 Å². The third-order valence-corrected chi connectivity index (χ3v) is 4.30. The molecule has 26 heavy (non-hydrogen) atoms. The number of aromatic amines is 1. The average molecular weight is 361 g/mol. The van der Waals surface area contributed by atoms with Crippen LogP contribution >= 0.6 is 0 Å². The van der Waals surface area contributed by atoms with Crippen molar-refractivity contribution in [2.45, 2.75) is 18.8 Å². The number of nitrogens with one attached hydrogen (secondary N) is 2. The standard InChI is InChI=1S/C18H14F3N3O2/c1-26-13-5-4-10(14-16(13)23-17(22-14)8-2-3-8)18(25)24-15-11(20)6-9(19)7-12(15)21/h4-8H,2-3H2,1H3,(H,22,23)(H,24,25). The lowest BCUT2D eigenvalue weighted by molar-refractivity contribution is 0.102. The number of aromatic nitrogens is 2. The molecule has 1 saturated carbocycles. The predicted octanol–water partition coefficient (Wildman–Crippen LogP) is 4.12. The first-order valence-electron chi connectivity index (χ1n) is 8.00. The number of anilines is 1. The molecule has 0 bridgehead atoms. The highest BCUT2D eigenvalue weighted by molar-refractivity contribution is 6.12. The molecule has 0 unspecified atom stereocenters. The van der Waals surface area contributed by atoms with E-state index in [1.165, 1.54) is 13.2 Å². The second-order valence-corrected chi connectivity index (χ2v) is 6.13. The lowest BCUT2D eigenvalue weighted by Crippen LogP contribution is -2.15. The largest absolute Gasteiger partial charge is 0.494 e. The molecule has 0 radical (unpaired) electrons. The number of H-pyrrole nitrogens is 1. The quantitative estimate of drug-likeness (QED) is 0.735. The molecule has 1 heterocycles. The number of amides is 1. The van der Waals surface area contributed by atoms with Crippen molar-refractivity contribution in [2.75, 3.05) is 12.4 Å². The molecule has 1 aliphatic rings. The summed E-state index contributed by atoms with van der Waals surface area (Å²) in [6.45, 7) is 0. The predicted molar refractivity (Wildman–Crippen MR) is 88.9 cm³/mol. The highest BCUT2D eigenvalue weighted by atomic mass is 19.1. The molecule has 1 aromatic heterocycles. The number of rotatable bonds is 4. The smallest absolute Gasteiger partial charge is 0.258 e. The van der Waals surface area contributed by atoms with E-state index in [2.05, 4.69) is 15.3 Å². The van der Waals surface area contributed by atoms with Gasteiger partial charge in [0.05, 0.1) is 12.7 Å². The number of nitrogens with zero attached hydrogens (tertiary/aromatic N) is 1. The van der Waals surface area contributed by atoms with E-state index in [4.69, 9.17) is 4.74 Å². The third kappa shape index (κ3) is 2.77. The minimum atomic E-state index is -1.19. The summed E-state index contributed by atoms with van der Waals surface area (Å²) in [5.41, 5.74) is 0.319. The first-order valence-corrected chi connectivity index (χ1v) is 8.00. The first-order chi connectivity index (χ1) is 12.5. The van der Waals surface area contributed by atoms with Gasteiger partial charge in [-0.2, -0.15) is 0 Å². The number of imidazole rings is 1. The molecule has 0 spiro atoms. The van der Waals surface area contributed by atoms with Gasteiger partial charge in [0.1, 0.15) is 34.1 Å². The highest BCUT2D eigenvalue weighted by Gasteiger charge is 2.29. The first kappa shape index (κ1) is 16.4. The van der Waals surface area contributed by atoms with Crippen LogP contribution in [0.1, 0.15) is 34.9 Å². The normalized spacial score (nSPS) is 13.8. The average Bonchev–Trinajstić information content (AvgIpc) is 3.35. The van der Waals surface area contributed by atoms with Crippen LogP contribution in [0, 0.1) is 17.5 Å². The Bertz CT molecular complexity index is 1000. The van der Waals surface area contributed by atoms with Gasteiger partial charge in [-0.05, 0) is 25.0 Å². The molecular weight excluding hydrogens is 347 g/mol. The zero-order valence-corrected chi connectivity index (χ0v) is 13.7. The second-order valence-electron chi connectivity index (χ2n) is 6.13. The number of carbonyl (C=O) groups is 1. The van der Waals surface area contributed by atoms with Crippen LogP contribution in [0.4, 0.5) is 18.9 Å². The fraction of sp³-hybridized carbons (Fsp3) is 0.222. The number of fused-ring (bicyclic) bond motifs is 1. The van der Waals surface area contributed by atoms with Crippen molar-refractivity contribution in [3.8, 4) is 5.75 Å². The van der Waals surface area contributed by atoms with Crippen LogP contribution in [0.2, 0.25) is 0 Å². The molecule has 0 atom stereocenters. The lowest BCUT2D eigenvalue weighted by atomic mass is 10.1. The van der Waals surface area contributed by atoms with E-state index in [0.717, 1.165) is 18.7 Å². The van der Waals surface area contributed by atoms with Crippen LogP contribution in [0.25, 0.3) is 11.0 Å². The van der Waals surface area contributed by atoms with Gasteiger partial charge in [-0.1, -0.05) is 0 Å². The number of hydrogen-bond donors (Lipinski definition) is 2. The van der Waals surface area contributed by atoms with E-state index in [1.807, 2.05) is 0 Å². The number of hydrogen-bond acceptors (Lipinski definition) is 3. The second kappa shape index (κ2) is 6.05. The summed E-state index contributed by atoms with van der Waals surface area (Å²) in [6, 6.07) is 4.04. The molecule has 2 N–H and O–H groups in total. The molecule has 8 heteroatoms. The SMILES string of the molecule is COc1ccc(C(=O)Nc2c(F)cc(F)cc2F)c2nc(C3CC3)[nH]c12. The Morgan fingerprint density at radius 1 is 1.23 bits per heavy atom. The van der Waals surface area contributed by atoms with Crippen molar-refractivity contribution in [3.05, 3.63) is 53.1 Å². The minimum Gasteiger partial charge on any atom is -0.494 e. The fourth-order valence-electron chi connectivity index (χ4n) is 2.83. The Balaban J connectivity index is 1.75. The Morgan fingerprint density at radius 3 is 2.54 bits per heavy atom. The molecule has 0 aliphatic heterocycles. The van der Waals surface area contributed by atoms with Crippen molar-refractivity contribution in [1.29, 1.82) is 0 Å². The maximum Gasteiger partial charge on any atom is 0.258 e. The maximum atomic E-state index is 13.8. The van der Waals surface area contributed by atoms with Gasteiger partial charge in [-0.15, -0.1) is 0 Å². The molecule has 1 fully saturated rings. The van der Waals surface area contributed by atoms with Gasteiger partial charge in [0.25, 0.3) is 5.91 Å². The number of methoxy groups -OCH3 is 1. The number of benzene rings is 2. The maximum absolute atomic E-state index is 13.8. The van der Waals surface area contributed by atoms with E-state index in [0.29, 0.717) is 34.8 Å². The van der Waals surface area contributed by atoms with Gasteiger partial charge in [0, 0.05) is 18.1 Å². The summed E-state index contributed by atoms with van der Waals surface area (Å²) in [5, 5.41) is 2.16. The zero-order valence-electron chi connectivity index (χ0n) is 13.7. The minimum absolute atomic E-state index is 0.132. The summed E-state index contributed by atoms with van der Waals surface area (Å²) in [6.07, 6.45) is 2.02. The highest BCUT2D eigenvalue weighted by Crippen LogP contribution is 2.40. The number of carbonyl (C=O) groups excluding carboxylic acids is 1. The molecule has 134 valence electrons. The topological polar surface area (TPSA) is 67.0 Å². The summed E-state index contributed by atoms with van der Waals surface area (Å²) in [7, 11) is 1.50. The summed E-state index contributed by atoms with van der Waals surface area (Å²) >= 11 is 0. The third-order valence-electron chi connectivity index (χ3n) is 4.30. The fourth-order valence-corrected chi connectivity index (χ4v) is 2.83. The monoisotopic (exact) mass is 361 g/mol. The molecule has 5 nitrogen and oxygen atoms in total. The van der Waals surface area contributed by atoms with Crippen molar-refractivity contribution in [2.24, 2.45) is 0 Å². The van der Waals surface area contributed by atoms with Gasteiger partial charge < -0.3 is 15.0 Å². The molecule has 3 aromatic rings. The number of halogens is 3. The zero-order chi connectivity index (χ0) is 18.4. The van der Waals surface area contributed by atoms with Crippen molar-refractivity contribution in [3.63, 3.8) is 0 Å². The van der Waals surface area contributed by atoms with Crippen LogP contribution < -0.4 is 10.1 Å². The molecular formula is C18H14F3N3O2. The Morgan fingerprint density at radius 2 is 1.92 bits per heavy atom. The van der Waals surface area contributed by atoms with Gasteiger partial charge in [-0.25, -0.2) is 18.2 Å². The van der Waals surface area contributed by atoms with E-state index in [-0.39, 0.29) is 5.56 Å². The van der Waals surface area contributed by atoms with E-state index < -0.39 is 29.0 Å². The van der Waals surface area contributed by atoms with Gasteiger partial charge in [0.15, 0.2) is 11.6 Å². The molecule has 2 aromatic carbocycles. The Labute approximate surface area is 146 Å². The molecule has 4 rings (SSSR count). The Kier molecular flexibility index (Phi) is 3.82. The van der Waals surface area contributed by atoms with Crippen LogP contribution in [0.3, 0.4) is 0 Å². The summed E-state index contributed by atoms with van der Waals surface area (Å²) < 4.78 is 45.9. The van der Waals surface area contributed by atoms with Crippen LogP contribution in [0.15, 0.2) is 24.3 Å². The van der Waals surface area contributed by atoms with Crippen molar-refractivity contribution in [1.82, 2.24) is 9.97 Å². The van der Waals surface area contributed by atoms with E-state index in [9.17, 15) is 18.0 Å². The van der Waals surface area contributed by atoms with Crippen molar-refractivity contribution >= 4 is 22.6 Å². The number of ether oxygens (including phenoxy) is 1.